The van der Waals surface area contributed by atoms with Gasteiger partial charge in [-0.25, -0.2) is 4.98 Å². The van der Waals surface area contributed by atoms with Crippen molar-refractivity contribution in [3.8, 4) is 11.4 Å². The van der Waals surface area contributed by atoms with Crippen LogP contribution in [-0.4, -0.2) is 15.1 Å². The zero-order valence-electron chi connectivity index (χ0n) is 11.8. The van der Waals surface area contributed by atoms with Crippen LogP contribution in [0.2, 0.25) is 5.15 Å². The largest absolute Gasteiger partial charge is 0.337 e. The fourth-order valence-corrected chi connectivity index (χ4v) is 2.34. The third-order valence-corrected chi connectivity index (χ3v) is 3.65. The summed E-state index contributed by atoms with van der Waals surface area (Å²) < 4.78 is 5.25. The van der Waals surface area contributed by atoms with Crippen LogP contribution < -0.4 is 5.73 Å². The first-order valence-corrected chi connectivity index (χ1v) is 7.36. The molecule has 112 valence electrons. The van der Waals surface area contributed by atoms with E-state index < -0.39 is 0 Å². The molecule has 3 rings (SSSR count). The maximum absolute atomic E-state index is 6.13. The Labute approximate surface area is 133 Å². The van der Waals surface area contributed by atoms with Gasteiger partial charge in [-0.05, 0) is 30.5 Å². The van der Waals surface area contributed by atoms with Gasteiger partial charge in [0.2, 0.25) is 11.7 Å². The molecule has 0 aliphatic carbocycles. The summed E-state index contributed by atoms with van der Waals surface area (Å²) in [4.78, 5) is 8.32. The molecule has 3 aromatic rings. The van der Waals surface area contributed by atoms with Crippen molar-refractivity contribution in [3.05, 3.63) is 65.3 Å². The lowest BCUT2D eigenvalue weighted by atomic mass is 10.1. The molecule has 2 N–H and O–H groups in total. The van der Waals surface area contributed by atoms with Crippen molar-refractivity contribution in [1.82, 2.24) is 15.1 Å². The van der Waals surface area contributed by atoms with E-state index in [4.69, 9.17) is 21.9 Å². The van der Waals surface area contributed by atoms with Gasteiger partial charge < -0.3 is 10.3 Å². The summed E-state index contributed by atoms with van der Waals surface area (Å²) in [5, 5.41) is 4.27. The SMILES string of the molecule is N[C@H](CCc1ccccc1)c1nc(-c2cccnc2Cl)no1. The van der Waals surface area contributed by atoms with Crippen LogP contribution in [-0.2, 0) is 6.42 Å². The lowest BCUT2D eigenvalue weighted by Crippen LogP contribution is -2.11. The molecule has 0 spiro atoms. The molecule has 0 aliphatic rings. The summed E-state index contributed by atoms with van der Waals surface area (Å²) in [6.45, 7) is 0. The second-order valence-corrected chi connectivity index (χ2v) is 5.29. The van der Waals surface area contributed by atoms with Gasteiger partial charge in [-0.3, -0.25) is 0 Å². The molecule has 0 fully saturated rings. The summed E-state index contributed by atoms with van der Waals surface area (Å²) in [5.74, 6) is 0.814. The topological polar surface area (TPSA) is 77.8 Å². The average molecular weight is 315 g/mol. The molecule has 1 aromatic carbocycles. The summed E-state index contributed by atoms with van der Waals surface area (Å²) in [7, 11) is 0. The van der Waals surface area contributed by atoms with Crippen molar-refractivity contribution < 1.29 is 4.52 Å². The molecular weight excluding hydrogens is 300 g/mol. The lowest BCUT2D eigenvalue weighted by molar-refractivity contribution is 0.349. The van der Waals surface area contributed by atoms with Gasteiger partial charge >= 0.3 is 0 Å². The highest BCUT2D eigenvalue weighted by atomic mass is 35.5. The summed E-state index contributed by atoms with van der Waals surface area (Å²) >= 11 is 6.02. The van der Waals surface area contributed by atoms with E-state index in [2.05, 4.69) is 27.3 Å². The molecule has 0 aliphatic heterocycles. The van der Waals surface area contributed by atoms with E-state index in [0.29, 0.717) is 22.4 Å². The first-order valence-electron chi connectivity index (χ1n) is 6.98. The van der Waals surface area contributed by atoms with Gasteiger partial charge in [0.1, 0.15) is 5.15 Å². The van der Waals surface area contributed by atoms with E-state index in [-0.39, 0.29) is 6.04 Å². The van der Waals surface area contributed by atoms with E-state index >= 15 is 0 Å². The Morgan fingerprint density at radius 1 is 1.14 bits per heavy atom. The fourth-order valence-electron chi connectivity index (χ4n) is 2.14. The van der Waals surface area contributed by atoms with E-state index in [1.165, 1.54) is 5.56 Å². The summed E-state index contributed by atoms with van der Waals surface area (Å²) in [6, 6.07) is 13.4. The van der Waals surface area contributed by atoms with Crippen LogP contribution in [0, 0.1) is 0 Å². The van der Waals surface area contributed by atoms with Gasteiger partial charge in [-0.1, -0.05) is 47.1 Å². The minimum absolute atomic E-state index is 0.308. The van der Waals surface area contributed by atoms with E-state index in [1.807, 2.05) is 18.2 Å². The van der Waals surface area contributed by atoms with Crippen molar-refractivity contribution in [1.29, 1.82) is 0 Å². The van der Waals surface area contributed by atoms with Crippen molar-refractivity contribution in [3.63, 3.8) is 0 Å². The van der Waals surface area contributed by atoms with Crippen molar-refractivity contribution >= 4 is 11.6 Å². The molecule has 0 radical (unpaired) electrons. The van der Waals surface area contributed by atoms with Gasteiger partial charge in [0.25, 0.3) is 0 Å². The van der Waals surface area contributed by atoms with Crippen LogP contribution in [0.5, 0.6) is 0 Å². The Hall–Kier alpha value is -2.24. The first kappa shape index (κ1) is 14.7. The maximum Gasteiger partial charge on any atom is 0.243 e. The number of rotatable bonds is 5. The highest BCUT2D eigenvalue weighted by molar-refractivity contribution is 6.31. The molecule has 0 saturated carbocycles. The second kappa shape index (κ2) is 6.68. The second-order valence-electron chi connectivity index (χ2n) is 4.93. The Morgan fingerprint density at radius 3 is 2.73 bits per heavy atom. The number of nitrogens with zero attached hydrogens (tertiary/aromatic N) is 3. The quantitative estimate of drug-likeness (QED) is 0.730. The van der Waals surface area contributed by atoms with Gasteiger partial charge in [-0.2, -0.15) is 4.98 Å². The predicted octanol–water partition coefficient (Wildman–Crippen LogP) is 3.42. The fraction of sp³-hybridized carbons (Fsp3) is 0.188. The number of halogens is 1. The lowest BCUT2D eigenvalue weighted by Gasteiger charge is -2.06. The van der Waals surface area contributed by atoms with Crippen LogP contribution in [0.25, 0.3) is 11.4 Å². The number of nitrogens with two attached hydrogens (primary N) is 1. The Morgan fingerprint density at radius 2 is 1.95 bits per heavy atom. The Kier molecular flexibility index (Phi) is 4.46. The summed E-state index contributed by atoms with van der Waals surface area (Å²) in [5.41, 5.74) is 7.99. The Balaban J connectivity index is 1.69. The molecule has 22 heavy (non-hydrogen) atoms. The molecule has 5 nitrogen and oxygen atoms in total. The molecule has 0 saturated heterocycles. The number of aromatic nitrogens is 3. The van der Waals surface area contributed by atoms with Crippen molar-refractivity contribution in [2.45, 2.75) is 18.9 Å². The van der Waals surface area contributed by atoms with E-state index in [1.54, 1.807) is 18.3 Å². The van der Waals surface area contributed by atoms with Gasteiger partial charge in [0, 0.05) is 6.20 Å². The number of aryl methyl sites for hydroxylation is 1. The molecule has 0 bridgehead atoms. The van der Waals surface area contributed by atoms with Gasteiger partial charge in [-0.15, -0.1) is 0 Å². The summed E-state index contributed by atoms with van der Waals surface area (Å²) in [6.07, 6.45) is 3.19. The smallest absolute Gasteiger partial charge is 0.243 e. The minimum Gasteiger partial charge on any atom is -0.337 e. The van der Waals surface area contributed by atoms with Gasteiger partial charge in [0.05, 0.1) is 11.6 Å². The monoisotopic (exact) mass is 314 g/mol. The van der Waals surface area contributed by atoms with Crippen LogP contribution in [0.3, 0.4) is 0 Å². The van der Waals surface area contributed by atoms with Crippen LogP contribution in [0.4, 0.5) is 0 Å². The van der Waals surface area contributed by atoms with Crippen molar-refractivity contribution in [2.24, 2.45) is 5.73 Å². The zero-order chi connectivity index (χ0) is 15.4. The minimum atomic E-state index is -0.308. The van der Waals surface area contributed by atoms with Crippen LogP contribution >= 0.6 is 11.6 Å². The molecular formula is C16H15ClN4O. The molecule has 2 aromatic heterocycles. The van der Waals surface area contributed by atoms with Crippen LogP contribution in [0.1, 0.15) is 23.9 Å². The molecule has 0 unspecified atom stereocenters. The maximum atomic E-state index is 6.13. The normalized spacial score (nSPS) is 12.3. The number of hydrogen-bond donors (Lipinski definition) is 1. The zero-order valence-corrected chi connectivity index (χ0v) is 12.6. The standard InChI is InChI=1S/C16H15ClN4O/c17-14-12(7-4-10-19-14)15-20-16(22-21-15)13(18)9-8-11-5-2-1-3-6-11/h1-7,10,13H,8-9,18H2/t13-/m1/s1. The Bertz CT molecular complexity index is 745. The van der Waals surface area contributed by atoms with Crippen LogP contribution in [0.15, 0.2) is 53.2 Å². The highest BCUT2D eigenvalue weighted by Crippen LogP contribution is 2.24. The molecule has 1 atom stereocenters. The molecule has 0 amide bonds. The number of benzene rings is 1. The third kappa shape index (κ3) is 3.32. The van der Waals surface area contributed by atoms with Gasteiger partial charge in [0.15, 0.2) is 0 Å². The predicted molar refractivity (Wildman–Crippen MR) is 84.2 cm³/mol. The molecule has 6 heteroatoms. The first-order chi connectivity index (χ1) is 10.7. The number of pyridine rings is 1. The van der Waals surface area contributed by atoms with E-state index in [0.717, 1.165) is 12.8 Å². The molecule has 2 heterocycles. The van der Waals surface area contributed by atoms with E-state index in [9.17, 15) is 0 Å². The third-order valence-electron chi connectivity index (χ3n) is 3.35. The average Bonchev–Trinajstić information content (AvgIpc) is 3.04. The highest BCUT2D eigenvalue weighted by Gasteiger charge is 2.17. The van der Waals surface area contributed by atoms with Crippen molar-refractivity contribution in [2.75, 3.05) is 0 Å². The number of hydrogen-bond acceptors (Lipinski definition) is 5.